The number of amides is 1. The molecule has 27 heavy (non-hydrogen) atoms. The zero-order valence-electron chi connectivity index (χ0n) is 15.4. The molecule has 0 unspecified atom stereocenters. The fraction of sp³-hybridized carbons (Fsp3) is 0.333. The maximum atomic E-state index is 11.9. The van der Waals surface area contributed by atoms with Crippen molar-refractivity contribution in [2.24, 2.45) is 0 Å². The third-order valence-electron chi connectivity index (χ3n) is 3.47. The summed E-state index contributed by atoms with van der Waals surface area (Å²) in [5, 5.41) is 5.72. The van der Waals surface area contributed by atoms with Gasteiger partial charge < -0.3 is 24.8 Å². The summed E-state index contributed by atoms with van der Waals surface area (Å²) < 4.78 is 15.3. The standard InChI is InChI=1S/C18H22N4O5/c1-4-27-18(24)8-7-17(23)22-16-10-15(19-11-20-16)21-13-9-12(25-2)5-6-14(13)26-3/h5-6,9-11H,4,7-8H2,1-3H3,(H2,19,20,21,22,23). The summed E-state index contributed by atoms with van der Waals surface area (Å²) in [5.41, 5.74) is 0.648. The average molecular weight is 374 g/mol. The van der Waals surface area contributed by atoms with Crippen molar-refractivity contribution >= 4 is 29.2 Å². The van der Waals surface area contributed by atoms with Crippen molar-refractivity contribution in [3.05, 3.63) is 30.6 Å². The number of benzene rings is 1. The monoisotopic (exact) mass is 374 g/mol. The van der Waals surface area contributed by atoms with Crippen LogP contribution in [0.15, 0.2) is 30.6 Å². The Kier molecular flexibility index (Phi) is 7.36. The van der Waals surface area contributed by atoms with Gasteiger partial charge in [0.2, 0.25) is 5.91 Å². The van der Waals surface area contributed by atoms with E-state index in [2.05, 4.69) is 20.6 Å². The molecule has 0 saturated carbocycles. The maximum absolute atomic E-state index is 11.9. The van der Waals surface area contributed by atoms with Crippen LogP contribution in [0.1, 0.15) is 19.8 Å². The second-order valence-electron chi connectivity index (χ2n) is 5.33. The molecule has 9 heteroatoms. The normalized spacial score (nSPS) is 10.0. The Morgan fingerprint density at radius 1 is 1.04 bits per heavy atom. The molecule has 1 aromatic heterocycles. The Labute approximate surface area is 157 Å². The van der Waals surface area contributed by atoms with Gasteiger partial charge in [-0.15, -0.1) is 0 Å². The van der Waals surface area contributed by atoms with E-state index < -0.39 is 5.97 Å². The lowest BCUT2D eigenvalue weighted by Crippen LogP contribution is -2.15. The molecule has 2 aromatic rings. The Balaban J connectivity index is 2.03. The van der Waals surface area contributed by atoms with Gasteiger partial charge in [-0.3, -0.25) is 9.59 Å². The van der Waals surface area contributed by atoms with Gasteiger partial charge in [0.1, 0.15) is 29.5 Å². The smallest absolute Gasteiger partial charge is 0.306 e. The lowest BCUT2D eigenvalue weighted by Gasteiger charge is -2.12. The van der Waals surface area contributed by atoms with Gasteiger partial charge in [0, 0.05) is 18.6 Å². The van der Waals surface area contributed by atoms with E-state index in [0.29, 0.717) is 28.8 Å². The van der Waals surface area contributed by atoms with E-state index in [4.69, 9.17) is 14.2 Å². The van der Waals surface area contributed by atoms with Gasteiger partial charge in [0.15, 0.2) is 0 Å². The SMILES string of the molecule is CCOC(=O)CCC(=O)Nc1cc(Nc2cc(OC)ccc2OC)ncn1. The number of hydrogen-bond acceptors (Lipinski definition) is 8. The molecule has 144 valence electrons. The lowest BCUT2D eigenvalue weighted by molar-refractivity contribution is -0.144. The molecular weight excluding hydrogens is 352 g/mol. The molecule has 0 bridgehead atoms. The van der Waals surface area contributed by atoms with Crippen molar-refractivity contribution in [3.63, 3.8) is 0 Å². The number of carbonyl (C=O) groups is 2. The molecule has 2 N–H and O–H groups in total. The van der Waals surface area contributed by atoms with Gasteiger partial charge in [0.25, 0.3) is 0 Å². The largest absolute Gasteiger partial charge is 0.497 e. The number of anilines is 3. The molecule has 0 saturated heterocycles. The van der Waals surface area contributed by atoms with E-state index in [0.717, 1.165) is 0 Å². The third-order valence-corrected chi connectivity index (χ3v) is 3.47. The highest BCUT2D eigenvalue weighted by molar-refractivity contribution is 5.92. The minimum Gasteiger partial charge on any atom is -0.497 e. The molecular formula is C18H22N4O5. The number of hydrogen-bond donors (Lipinski definition) is 2. The van der Waals surface area contributed by atoms with Gasteiger partial charge in [-0.1, -0.05) is 0 Å². The predicted octanol–water partition coefficient (Wildman–Crippen LogP) is 2.52. The van der Waals surface area contributed by atoms with Crippen molar-refractivity contribution in [1.82, 2.24) is 9.97 Å². The molecule has 0 radical (unpaired) electrons. The van der Waals surface area contributed by atoms with Crippen LogP contribution in [0.4, 0.5) is 17.3 Å². The summed E-state index contributed by atoms with van der Waals surface area (Å²) in [6, 6.07) is 6.87. The summed E-state index contributed by atoms with van der Waals surface area (Å²) in [5.74, 6) is 1.27. The number of nitrogens with zero attached hydrogens (tertiary/aromatic N) is 2. The van der Waals surface area contributed by atoms with Crippen molar-refractivity contribution < 1.29 is 23.8 Å². The van der Waals surface area contributed by atoms with Crippen LogP contribution in [0.5, 0.6) is 11.5 Å². The topological polar surface area (TPSA) is 112 Å². The van der Waals surface area contributed by atoms with Gasteiger partial charge >= 0.3 is 5.97 Å². The van der Waals surface area contributed by atoms with Crippen LogP contribution in [-0.2, 0) is 14.3 Å². The Morgan fingerprint density at radius 2 is 1.81 bits per heavy atom. The van der Waals surface area contributed by atoms with Crippen LogP contribution >= 0.6 is 0 Å². The molecule has 0 atom stereocenters. The molecule has 0 aliphatic heterocycles. The molecule has 0 aliphatic rings. The molecule has 0 fully saturated rings. The highest BCUT2D eigenvalue weighted by Gasteiger charge is 2.10. The fourth-order valence-electron chi connectivity index (χ4n) is 2.20. The van der Waals surface area contributed by atoms with Crippen LogP contribution < -0.4 is 20.1 Å². The van der Waals surface area contributed by atoms with Gasteiger partial charge in [-0.2, -0.15) is 0 Å². The van der Waals surface area contributed by atoms with E-state index in [1.54, 1.807) is 45.4 Å². The van der Waals surface area contributed by atoms with Crippen LogP contribution in [0.2, 0.25) is 0 Å². The van der Waals surface area contributed by atoms with E-state index in [9.17, 15) is 9.59 Å². The first kappa shape index (κ1) is 20.0. The molecule has 2 rings (SSSR count). The lowest BCUT2D eigenvalue weighted by atomic mass is 10.2. The maximum Gasteiger partial charge on any atom is 0.306 e. The van der Waals surface area contributed by atoms with Gasteiger partial charge in [-0.25, -0.2) is 9.97 Å². The van der Waals surface area contributed by atoms with Crippen LogP contribution in [0.3, 0.4) is 0 Å². The second-order valence-corrected chi connectivity index (χ2v) is 5.33. The third kappa shape index (κ3) is 6.14. The number of esters is 1. The van der Waals surface area contributed by atoms with Crippen LogP contribution in [-0.4, -0.2) is 42.7 Å². The Hall–Kier alpha value is -3.36. The Bertz CT molecular complexity index is 797. The van der Waals surface area contributed by atoms with Gasteiger partial charge in [-0.05, 0) is 19.1 Å². The quantitative estimate of drug-likeness (QED) is 0.644. The predicted molar refractivity (Wildman–Crippen MR) is 99.4 cm³/mol. The first-order chi connectivity index (χ1) is 13.0. The minimum absolute atomic E-state index is 0.00923. The number of ether oxygens (including phenoxy) is 3. The highest BCUT2D eigenvalue weighted by Crippen LogP contribution is 2.31. The van der Waals surface area contributed by atoms with E-state index in [1.165, 1.54) is 6.33 Å². The number of rotatable bonds is 9. The van der Waals surface area contributed by atoms with Crippen molar-refractivity contribution in [2.75, 3.05) is 31.5 Å². The van der Waals surface area contributed by atoms with Crippen molar-refractivity contribution in [1.29, 1.82) is 0 Å². The molecule has 0 spiro atoms. The van der Waals surface area contributed by atoms with Crippen molar-refractivity contribution in [2.45, 2.75) is 19.8 Å². The zero-order valence-corrected chi connectivity index (χ0v) is 15.4. The molecule has 9 nitrogen and oxygen atoms in total. The number of carbonyl (C=O) groups excluding carboxylic acids is 2. The van der Waals surface area contributed by atoms with E-state index in [1.807, 2.05) is 0 Å². The molecule has 1 aromatic carbocycles. The molecule has 1 heterocycles. The van der Waals surface area contributed by atoms with Gasteiger partial charge in [0.05, 0.1) is 32.9 Å². The summed E-state index contributed by atoms with van der Waals surface area (Å²) in [7, 11) is 3.13. The number of nitrogens with one attached hydrogen (secondary N) is 2. The minimum atomic E-state index is -0.414. The van der Waals surface area contributed by atoms with E-state index in [-0.39, 0.29) is 25.4 Å². The van der Waals surface area contributed by atoms with Crippen LogP contribution in [0, 0.1) is 0 Å². The first-order valence-electron chi connectivity index (χ1n) is 8.32. The number of aromatic nitrogens is 2. The molecule has 0 aliphatic carbocycles. The summed E-state index contributed by atoms with van der Waals surface area (Å²) in [6.07, 6.45) is 1.34. The number of methoxy groups -OCH3 is 2. The average Bonchev–Trinajstić information content (AvgIpc) is 2.67. The second kappa shape index (κ2) is 9.95. The zero-order chi connectivity index (χ0) is 19.6. The molecule has 1 amide bonds. The fourth-order valence-corrected chi connectivity index (χ4v) is 2.20. The Morgan fingerprint density at radius 3 is 2.52 bits per heavy atom. The summed E-state index contributed by atoms with van der Waals surface area (Å²) in [4.78, 5) is 31.4. The summed E-state index contributed by atoms with van der Waals surface area (Å²) >= 11 is 0. The van der Waals surface area contributed by atoms with E-state index >= 15 is 0 Å². The summed E-state index contributed by atoms with van der Waals surface area (Å²) in [6.45, 7) is 2.00. The van der Waals surface area contributed by atoms with Crippen molar-refractivity contribution in [3.8, 4) is 11.5 Å². The van der Waals surface area contributed by atoms with Crippen LogP contribution in [0.25, 0.3) is 0 Å². The highest BCUT2D eigenvalue weighted by atomic mass is 16.5. The first-order valence-corrected chi connectivity index (χ1v) is 8.32.